The van der Waals surface area contributed by atoms with Crippen molar-refractivity contribution >= 4 is 0 Å². The quantitative estimate of drug-likeness (QED) is 0.650. The first-order chi connectivity index (χ1) is 5.41. The van der Waals surface area contributed by atoms with Crippen LogP contribution in [-0.2, 0) is 4.74 Å². The molecule has 0 aromatic rings. The molecule has 0 aromatic heterocycles. The maximum atomic E-state index is 6.02. The second-order valence-electron chi connectivity index (χ2n) is 4.70. The van der Waals surface area contributed by atoms with E-state index in [-0.39, 0.29) is 11.5 Å². The molecule has 0 aromatic carbocycles. The van der Waals surface area contributed by atoms with Crippen LogP contribution in [-0.4, -0.2) is 12.6 Å². The van der Waals surface area contributed by atoms with Gasteiger partial charge in [-0.15, -0.1) is 0 Å². The van der Waals surface area contributed by atoms with Crippen molar-refractivity contribution in [2.24, 2.45) is 17.1 Å². The summed E-state index contributed by atoms with van der Waals surface area (Å²) in [6.45, 7) is 9.32. The minimum absolute atomic E-state index is 0.0300. The summed E-state index contributed by atoms with van der Waals surface area (Å²) in [5.41, 5.74) is 6.12. The molecular formula is C10H19NO. The summed E-state index contributed by atoms with van der Waals surface area (Å²) in [5, 5.41) is 0. The fraction of sp³-hybridized carbons (Fsp3) is 0.800. The summed E-state index contributed by atoms with van der Waals surface area (Å²) in [4.78, 5) is 0. The van der Waals surface area contributed by atoms with Gasteiger partial charge < -0.3 is 10.5 Å². The number of ether oxygens (including phenoxy) is 1. The minimum atomic E-state index is 0.0300. The summed E-state index contributed by atoms with van der Waals surface area (Å²) in [6, 6.07) is 0.0300. The molecule has 0 fully saturated rings. The van der Waals surface area contributed by atoms with Gasteiger partial charge >= 0.3 is 0 Å². The SMILES string of the molecule is CC1C=C([C@H](N)C(C)(C)C)OC1. The number of rotatable bonds is 1. The zero-order valence-electron chi connectivity index (χ0n) is 8.42. The molecule has 0 aliphatic carbocycles. The molecule has 0 amide bonds. The minimum Gasteiger partial charge on any atom is -0.496 e. The second kappa shape index (κ2) is 3.09. The summed E-state index contributed by atoms with van der Waals surface area (Å²) in [7, 11) is 0. The Morgan fingerprint density at radius 1 is 1.58 bits per heavy atom. The van der Waals surface area contributed by atoms with Crippen molar-refractivity contribution in [2.45, 2.75) is 33.7 Å². The lowest BCUT2D eigenvalue weighted by atomic mass is 9.86. The summed E-state index contributed by atoms with van der Waals surface area (Å²) >= 11 is 0. The van der Waals surface area contributed by atoms with Gasteiger partial charge in [-0.05, 0) is 11.5 Å². The Hall–Kier alpha value is -0.500. The van der Waals surface area contributed by atoms with Gasteiger partial charge in [0.05, 0.1) is 12.6 Å². The van der Waals surface area contributed by atoms with Gasteiger partial charge in [-0.25, -0.2) is 0 Å². The van der Waals surface area contributed by atoms with E-state index < -0.39 is 0 Å². The zero-order chi connectivity index (χ0) is 9.35. The molecule has 0 saturated heterocycles. The molecule has 1 heterocycles. The lowest BCUT2D eigenvalue weighted by molar-refractivity contribution is 0.175. The fourth-order valence-corrected chi connectivity index (χ4v) is 1.22. The van der Waals surface area contributed by atoms with Crippen molar-refractivity contribution in [3.63, 3.8) is 0 Å². The van der Waals surface area contributed by atoms with Gasteiger partial charge in [-0.1, -0.05) is 27.7 Å². The Balaban J connectivity index is 2.65. The van der Waals surface area contributed by atoms with Crippen molar-refractivity contribution in [2.75, 3.05) is 6.61 Å². The highest BCUT2D eigenvalue weighted by molar-refractivity contribution is 5.11. The largest absolute Gasteiger partial charge is 0.496 e. The van der Waals surface area contributed by atoms with E-state index in [9.17, 15) is 0 Å². The molecule has 2 nitrogen and oxygen atoms in total. The maximum absolute atomic E-state index is 6.02. The zero-order valence-corrected chi connectivity index (χ0v) is 8.42. The first-order valence-corrected chi connectivity index (χ1v) is 4.51. The van der Waals surface area contributed by atoms with Crippen LogP contribution in [0, 0.1) is 11.3 Å². The van der Waals surface area contributed by atoms with Crippen LogP contribution in [0.5, 0.6) is 0 Å². The predicted molar refractivity (Wildman–Crippen MR) is 50.6 cm³/mol. The third-order valence-electron chi connectivity index (χ3n) is 2.20. The van der Waals surface area contributed by atoms with Crippen molar-refractivity contribution in [1.29, 1.82) is 0 Å². The Labute approximate surface area is 74.8 Å². The van der Waals surface area contributed by atoms with Crippen LogP contribution in [0.2, 0.25) is 0 Å². The molecule has 2 N–H and O–H groups in total. The highest BCUT2D eigenvalue weighted by Gasteiger charge is 2.28. The summed E-state index contributed by atoms with van der Waals surface area (Å²) in [6.07, 6.45) is 2.13. The summed E-state index contributed by atoms with van der Waals surface area (Å²) in [5.74, 6) is 1.49. The van der Waals surface area contributed by atoms with Crippen molar-refractivity contribution < 1.29 is 4.74 Å². The van der Waals surface area contributed by atoms with Gasteiger partial charge in [0.2, 0.25) is 0 Å². The first-order valence-electron chi connectivity index (χ1n) is 4.51. The molecule has 2 heteroatoms. The molecule has 1 rings (SSSR count). The number of hydrogen-bond acceptors (Lipinski definition) is 2. The van der Waals surface area contributed by atoms with Crippen molar-refractivity contribution in [1.82, 2.24) is 0 Å². The molecule has 1 aliphatic heterocycles. The molecule has 12 heavy (non-hydrogen) atoms. The standard InChI is InChI=1S/C10H19NO/c1-7-5-8(12-6-7)9(11)10(2,3)4/h5,7,9H,6,11H2,1-4H3/t7?,9-/m0/s1. The second-order valence-corrected chi connectivity index (χ2v) is 4.70. The number of nitrogens with two attached hydrogens (primary N) is 1. The average molecular weight is 169 g/mol. The van der Waals surface area contributed by atoms with E-state index in [1.165, 1.54) is 0 Å². The average Bonchev–Trinajstić information content (AvgIpc) is 2.32. The van der Waals surface area contributed by atoms with E-state index in [1.807, 2.05) is 0 Å². The molecule has 1 unspecified atom stereocenters. The molecular weight excluding hydrogens is 150 g/mol. The Kier molecular flexibility index (Phi) is 2.47. The van der Waals surface area contributed by atoms with E-state index >= 15 is 0 Å². The van der Waals surface area contributed by atoms with Crippen LogP contribution < -0.4 is 5.73 Å². The van der Waals surface area contributed by atoms with Crippen LogP contribution in [0.25, 0.3) is 0 Å². The monoisotopic (exact) mass is 169 g/mol. The van der Waals surface area contributed by atoms with Crippen LogP contribution in [0.3, 0.4) is 0 Å². The van der Waals surface area contributed by atoms with Crippen LogP contribution >= 0.6 is 0 Å². The molecule has 0 saturated carbocycles. The third kappa shape index (κ3) is 2.01. The smallest absolute Gasteiger partial charge is 0.110 e. The normalized spacial score (nSPS) is 26.4. The fourth-order valence-electron chi connectivity index (χ4n) is 1.22. The molecule has 0 bridgehead atoms. The van der Waals surface area contributed by atoms with Gasteiger partial charge in [-0.3, -0.25) is 0 Å². The van der Waals surface area contributed by atoms with Gasteiger partial charge in [0.25, 0.3) is 0 Å². The molecule has 70 valence electrons. The van der Waals surface area contributed by atoms with Gasteiger partial charge in [0.15, 0.2) is 0 Å². The van der Waals surface area contributed by atoms with E-state index in [0.717, 1.165) is 12.4 Å². The summed E-state index contributed by atoms with van der Waals surface area (Å²) < 4.78 is 5.49. The van der Waals surface area contributed by atoms with Crippen LogP contribution in [0.1, 0.15) is 27.7 Å². The molecule has 2 atom stereocenters. The first kappa shape index (κ1) is 9.59. The lowest BCUT2D eigenvalue weighted by Gasteiger charge is -2.27. The van der Waals surface area contributed by atoms with Gasteiger partial charge in [0.1, 0.15) is 5.76 Å². The molecule has 0 radical (unpaired) electrons. The van der Waals surface area contributed by atoms with Crippen molar-refractivity contribution in [3.05, 3.63) is 11.8 Å². The van der Waals surface area contributed by atoms with Crippen LogP contribution in [0.4, 0.5) is 0 Å². The highest BCUT2D eigenvalue weighted by Crippen LogP contribution is 2.27. The van der Waals surface area contributed by atoms with E-state index in [2.05, 4.69) is 33.8 Å². The Bertz CT molecular complexity index is 191. The van der Waals surface area contributed by atoms with Gasteiger partial charge in [0, 0.05) is 5.92 Å². The highest BCUT2D eigenvalue weighted by atomic mass is 16.5. The molecule has 0 spiro atoms. The van der Waals surface area contributed by atoms with Crippen molar-refractivity contribution in [3.8, 4) is 0 Å². The lowest BCUT2D eigenvalue weighted by Crippen LogP contribution is -2.36. The molecule has 1 aliphatic rings. The third-order valence-corrected chi connectivity index (χ3v) is 2.20. The van der Waals surface area contributed by atoms with E-state index in [1.54, 1.807) is 0 Å². The topological polar surface area (TPSA) is 35.2 Å². The van der Waals surface area contributed by atoms with Gasteiger partial charge in [-0.2, -0.15) is 0 Å². The van der Waals surface area contributed by atoms with Crippen LogP contribution in [0.15, 0.2) is 11.8 Å². The Morgan fingerprint density at radius 2 is 2.17 bits per heavy atom. The maximum Gasteiger partial charge on any atom is 0.110 e. The van der Waals surface area contributed by atoms with E-state index in [0.29, 0.717) is 5.92 Å². The number of hydrogen-bond donors (Lipinski definition) is 1. The van der Waals surface area contributed by atoms with E-state index in [4.69, 9.17) is 10.5 Å². The Morgan fingerprint density at radius 3 is 2.50 bits per heavy atom. The predicted octanol–water partition coefficient (Wildman–Crippen LogP) is 1.91.